The third-order valence-corrected chi connectivity index (χ3v) is 3.32. The summed E-state index contributed by atoms with van der Waals surface area (Å²) in [6.45, 7) is 0. The molecule has 0 spiro atoms. The number of benzene rings is 1. The summed E-state index contributed by atoms with van der Waals surface area (Å²) >= 11 is 8.29. The Kier molecular flexibility index (Phi) is 3.91. The quantitative estimate of drug-likeness (QED) is 0.595. The predicted octanol–water partition coefficient (Wildman–Crippen LogP) is 3.29. The summed E-state index contributed by atoms with van der Waals surface area (Å²) in [6.07, 6.45) is 0. The van der Waals surface area contributed by atoms with Crippen LogP contribution in [-0.2, 0) is 4.74 Å². The molecule has 0 unspecified atom stereocenters. The standard InChI is InChI=1S/C12H9ClINO3/c1-17-10-5-9(12(16)18-2)15-11-7(10)3-6(14)4-8(11)13/h3-5H,1-2H3. The molecule has 0 saturated carbocycles. The fraction of sp³-hybridized carbons (Fsp3) is 0.167. The van der Waals surface area contributed by atoms with Crippen LogP contribution in [0, 0.1) is 3.57 Å². The van der Waals surface area contributed by atoms with Crippen molar-refractivity contribution >= 4 is 51.1 Å². The molecule has 6 heteroatoms. The first-order chi connectivity index (χ1) is 8.56. The molecule has 0 aliphatic heterocycles. The molecule has 94 valence electrons. The van der Waals surface area contributed by atoms with Gasteiger partial charge in [0.15, 0.2) is 5.69 Å². The van der Waals surface area contributed by atoms with Gasteiger partial charge in [-0.2, -0.15) is 0 Å². The van der Waals surface area contributed by atoms with E-state index in [9.17, 15) is 4.79 Å². The average molecular weight is 378 g/mol. The molecular weight excluding hydrogens is 368 g/mol. The first-order valence-corrected chi connectivity index (χ1v) is 6.44. The predicted molar refractivity (Wildman–Crippen MR) is 77.4 cm³/mol. The number of carbonyl (C=O) groups excluding carboxylic acids is 1. The number of carbonyl (C=O) groups is 1. The van der Waals surface area contributed by atoms with E-state index in [2.05, 4.69) is 32.3 Å². The molecule has 1 heterocycles. The van der Waals surface area contributed by atoms with Crippen LogP contribution >= 0.6 is 34.2 Å². The van der Waals surface area contributed by atoms with Crippen molar-refractivity contribution in [2.24, 2.45) is 0 Å². The SMILES string of the molecule is COC(=O)c1cc(OC)c2cc(I)cc(Cl)c2n1. The molecule has 0 atom stereocenters. The number of aromatic nitrogens is 1. The van der Waals surface area contributed by atoms with Crippen molar-refractivity contribution < 1.29 is 14.3 Å². The second-order valence-corrected chi connectivity index (χ2v) is 5.14. The molecule has 0 radical (unpaired) electrons. The molecule has 0 amide bonds. The van der Waals surface area contributed by atoms with Crippen LogP contribution in [0.15, 0.2) is 18.2 Å². The molecule has 2 aromatic rings. The van der Waals surface area contributed by atoms with Gasteiger partial charge in [0, 0.05) is 15.0 Å². The van der Waals surface area contributed by atoms with Gasteiger partial charge in [-0.1, -0.05) is 11.6 Å². The lowest BCUT2D eigenvalue weighted by Gasteiger charge is -2.09. The topological polar surface area (TPSA) is 48.4 Å². The van der Waals surface area contributed by atoms with Gasteiger partial charge in [-0.3, -0.25) is 0 Å². The molecule has 1 aromatic carbocycles. The van der Waals surface area contributed by atoms with E-state index in [-0.39, 0.29) is 5.69 Å². The smallest absolute Gasteiger partial charge is 0.356 e. The third-order valence-electron chi connectivity index (χ3n) is 2.41. The summed E-state index contributed by atoms with van der Waals surface area (Å²) in [5.74, 6) is 0.0191. The number of ether oxygens (including phenoxy) is 2. The van der Waals surface area contributed by atoms with Crippen molar-refractivity contribution in [3.63, 3.8) is 0 Å². The number of fused-ring (bicyclic) bond motifs is 1. The van der Waals surface area contributed by atoms with E-state index < -0.39 is 5.97 Å². The lowest BCUT2D eigenvalue weighted by atomic mass is 10.2. The number of esters is 1. The number of methoxy groups -OCH3 is 2. The number of hydrogen-bond donors (Lipinski definition) is 0. The summed E-state index contributed by atoms with van der Waals surface area (Å²) < 4.78 is 10.9. The second-order valence-electron chi connectivity index (χ2n) is 3.49. The first-order valence-electron chi connectivity index (χ1n) is 4.99. The fourth-order valence-electron chi connectivity index (χ4n) is 1.60. The van der Waals surface area contributed by atoms with Crippen LogP contribution in [0.4, 0.5) is 0 Å². The number of rotatable bonds is 2. The zero-order valence-electron chi connectivity index (χ0n) is 9.66. The van der Waals surface area contributed by atoms with Crippen LogP contribution in [0.3, 0.4) is 0 Å². The van der Waals surface area contributed by atoms with Gasteiger partial charge in [0.1, 0.15) is 5.75 Å². The van der Waals surface area contributed by atoms with Gasteiger partial charge in [-0.15, -0.1) is 0 Å². The first kappa shape index (κ1) is 13.4. The highest BCUT2D eigenvalue weighted by molar-refractivity contribution is 14.1. The van der Waals surface area contributed by atoms with E-state index >= 15 is 0 Å². The molecule has 0 N–H and O–H groups in total. The summed E-state index contributed by atoms with van der Waals surface area (Å²) in [6, 6.07) is 5.22. The van der Waals surface area contributed by atoms with Crippen molar-refractivity contribution in [2.75, 3.05) is 14.2 Å². The molecule has 0 saturated heterocycles. The van der Waals surface area contributed by atoms with Crippen molar-refractivity contribution in [1.29, 1.82) is 0 Å². The maximum atomic E-state index is 11.5. The average Bonchev–Trinajstić information content (AvgIpc) is 2.36. The summed E-state index contributed by atoms with van der Waals surface area (Å²) in [7, 11) is 2.83. The van der Waals surface area contributed by atoms with Crippen molar-refractivity contribution in [3.05, 3.63) is 32.5 Å². The number of nitrogens with zero attached hydrogens (tertiary/aromatic N) is 1. The fourth-order valence-corrected chi connectivity index (χ4v) is 2.67. The minimum atomic E-state index is -0.523. The van der Waals surface area contributed by atoms with Gasteiger partial charge in [0.05, 0.1) is 24.8 Å². The Balaban J connectivity index is 2.79. The highest BCUT2D eigenvalue weighted by Gasteiger charge is 2.15. The lowest BCUT2D eigenvalue weighted by Crippen LogP contribution is -2.05. The zero-order chi connectivity index (χ0) is 13.3. The van der Waals surface area contributed by atoms with E-state index in [4.69, 9.17) is 16.3 Å². The van der Waals surface area contributed by atoms with Crippen LogP contribution in [0.5, 0.6) is 5.75 Å². The summed E-state index contributed by atoms with van der Waals surface area (Å²) in [5.41, 5.74) is 0.696. The molecule has 4 nitrogen and oxygen atoms in total. The van der Waals surface area contributed by atoms with Crippen LogP contribution in [0.1, 0.15) is 10.5 Å². The van der Waals surface area contributed by atoms with Gasteiger partial charge in [-0.25, -0.2) is 9.78 Å². The van der Waals surface area contributed by atoms with Crippen molar-refractivity contribution in [1.82, 2.24) is 4.98 Å². The molecule has 1 aromatic heterocycles. The van der Waals surface area contributed by atoms with E-state index in [0.29, 0.717) is 16.3 Å². The molecular formula is C12H9ClINO3. The number of halogens is 2. The van der Waals surface area contributed by atoms with E-state index in [1.165, 1.54) is 14.2 Å². The number of hydrogen-bond acceptors (Lipinski definition) is 4. The largest absolute Gasteiger partial charge is 0.496 e. The Hall–Kier alpha value is -1.08. The minimum Gasteiger partial charge on any atom is -0.496 e. The Bertz CT molecular complexity index is 630. The Morgan fingerprint density at radius 1 is 1.33 bits per heavy atom. The van der Waals surface area contributed by atoms with Gasteiger partial charge in [0.2, 0.25) is 0 Å². The Labute approximate surface area is 122 Å². The van der Waals surface area contributed by atoms with Crippen molar-refractivity contribution in [3.8, 4) is 5.75 Å². The van der Waals surface area contributed by atoms with E-state index in [1.54, 1.807) is 12.1 Å². The zero-order valence-corrected chi connectivity index (χ0v) is 12.6. The van der Waals surface area contributed by atoms with Crippen LogP contribution < -0.4 is 4.74 Å². The van der Waals surface area contributed by atoms with Gasteiger partial charge in [0.25, 0.3) is 0 Å². The van der Waals surface area contributed by atoms with Crippen LogP contribution in [0.2, 0.25) is 5.02 Å². The normalized spacial score (nSPS) is 10.4. The molecule has 2 rings (SSSR count). The van der Waals surface area contributed by atoms with Gasteiger partial charge < -0.3 is 9.47 Å². The van der Waals surface area contributed by atoms with Gasteiger partial charge >= 0.3 is 5.97 Å². The Morgan fingerprint density at radius 2 is 2.06 bits per heavy atom. The maximum absolute atomic E-state index is 11.5. The third kappa shape index (κ3) is 2.37. The summed E-state index contributed by atoms with van der Waals surface area (Å²) in [4.78, 5) is 15.7. The van der Waals surface area contributed by atoms with E-state index in [1.807, 2.05) is 6.07 Å². The lowest BCUT2D eigenvalue weighted by molar-refractivity contribution is 0.0594. The monoisotopic (exact) mass is 377 g/mol. The van der Waals surface area contributed by atoms with Crippen LogP contribution in [0.25, 0.3) is 10.9 Å². The minimum absolute atomic E-state index is 0.171. The highest BCUT2D eigenvalue weighted by atomic mass is 127. The highest BCUT2D eigenvalue weighted by Crippen LogP contribution is 2.32. The molecule has 0 aliphatic rings. The maximum Gasteiger partial charge on any atom is 0.356 e. The van der Waals surface area contributed by atoms with E-state index in [0.717, 1.165) is 8.96 Å². The number of pyridine rings is 1. The molecule has 18 heavy (non-hydrogen) atoms. The van der Waals surface area contributed by atoms with Crippen LogP contribution in [-0.4, -0.2) is 25.2 Å². The second kappa shape index (κ2) is 5.27. The Morgan fingerprint density at radius 3 is 2.67 bits per heavy atom. The molecule has 0 aliphatic carbocycles. The van der Waals surface area contributed by atoms with Gasteiger partial charge in [-0.05, 0) is 34.7 Å². The summed E-state index contributed by atoms with van der Waals surface area (Å²) in [5, 5.41) is 1.24. The molecule has 0 bridgehead atoms. The molecule has 0 fully saturated rings. The van der Waals surface area contributed by atoms with Crippen molar-refractivity contribution in [2.45, 2.75) is 0 Å².